The molecule has 1 N–H and O–H groups in total. The van der Waals surface area contributed by atoms with Crippen molar-refractivity contribution in [3.63, 3.8) is 0 Å². The number of hydrogen-bond donors (Lipinski definition) is 1. The predicted octanol–water partition coefficient (Wildman–Crippen LogP) is 3.31. The maximum atomic E-state index is 12.9. The fourth-order valence-electron chi connectivity index (χ4n) is 3.37. The van der Waals surface area contributed by atoms with Gasteiger partial charge in [0.25, 0.3) is 5.91 Å². The van der Waals surface area contributed by atoms with Crippen molar-refractivity contribution in [1.29, 1.82) is 0 Å². The summed E-state index contributed by atoms with van der Waals surface area (Å²) in [6, 6.07) is 9.95. The van der Waals surface area contributed by atoms with Crippen molar-refractivity contribution in [2.45, 2.75) is 19.8 Å². The first-order chi connectivity index (χ1) is 12.5. The van der Waals surface area contributed by atoms with Gasteiger partial charge in [0.05, 0.1) is 11.6 Å². The minimum Gasteiger partial charge on any atom is -0.481 e. The predicted molar refractivity (Wildman–Crippen MR) is 99.5 cm³/mol. The highest BCUT2D eigenvalue weighted by Gasteiger charge is 2.29. The van der Waals surface area contributed by atoms with Crippen LogP contribution in [-0.4, -0.2) is 44.4 Å². The standard InChI is InChI=1S/C19H19N3O3S/c1-12-16(17(23)21-9-7-14(8-10-21)18(24)25)26-19-20-15(11-22(12)19)13-5-3-2-4-6-13/h2-6,11,14H,7-10H2,1H3,(H,24,25). The lowest BCUT2D eigenvalue weighted by Gasteiger charge is -2.29. The highest BCUT2D eigenvalue weighted by Crippen LogP contribution is 2.29. The van der Waals surface area contributed by atoms with Crippen molar-refractivity contribution >= 4 is 28.2 Å². The smallest absolute Gasteiger partial charge is 0.306 e. The minimum atomic E-state index is -0.767. The van der Waals surface area contributed by atoms with Crippen LogP contribution in [0.15, 0.2) is 36.5 Å². The van der Waals surface area contributed by atoms with E-state index in [9.17, 15) is 9.59 Å². The molecule has 26 heavy (non-hydrogen) atoms. The third kappa shape index (κ3) is 2.88. The van der Waals surface area contributed by atoms with Crippen LogP contribution in [0, 0.1) is 12.8 Å². The van der Waals surface area contributed by atoms with Gasteiger partial charge in [0.15, 0.2) is 4.96 Å². The first-order valence-corrected chi connectivity index (χ1v) is 9.42. The van der Waals surface area contributed by atoms with Gasteiger partial charge in [-0.3, -0.25) is 14.0 Å². The van der Waals surface area contributed by atoms with E-state index in [1.807, 2.05) is 47.9 Å². The second-order valence-electron chi connectivity index (χ2n) is 6.57. The number of thiazole rings is 1. The number of carbonyl (C=O) groups is 2. The van der Waals surface area contributed by atoms with E-state index >= 15 is 0 Å². The Morgan fingerprint density at radius 2 is 1.88 bits per heavy atom. The Kier molecular flexibility index (Phi) is 4.24. The number of fused-ring (bicyclic) bond motifs is 1. The molecule has 1 amide bonds. The zero-order chi connectivity index (χ0) is 18.3. The number of carboxylic acids is 1. The summed E-state index contributed by atoms with van der Waals surface area (Å²) in [7, 11) is 0. The third-order valence-electron chi connectivity index (χ3n) is 4.95. The zero-order valence-corrected chi connectivity index (χ0v) is 15.2. The number of imidazole rings is 1. The first kappa shape index (κ1) is 16.8. The lowest BCUT2D eigenvalue weighted by Crippen LogP contribution is -2.40. The van der Waals surface area contributed by atoms with Gasteiger partial charge in [-0.1, -0.05) is 41.7 Å². The molecular weight excluding hydrogens is 350 g/mol. The lowest BCUT2D eigenvalue weighted by atomic mass is 9.97. The number of benzene rings is 1. The van der Waals surface area contributed by atoms with Crippen LogP contribution in [0.2, 0.25) is 0 Å². The van der Waals surface area contributed by atoms with Crippen LogP contribution in [0.5, 0.6) is 0 Å². The van der Waals surface area contributed by atoms with Gasteiger partial charge in [0.1, 0.15) is 4.88 Å². The summed E-state index contributed by atoms with van der Waals surface area (Å²) in [6.45, 7) is 2.91. The number of carbonyl (C=O) groups excluding carboxylic acids is 1. The molecule has 6 nitrogen and oxygen atoms in total. The van der Waals surface area contributed by atoms with Gasteiger partial charge in [-0.2, -0.15) is 0 Å². The molecule has 3 heterocycles. The van der Waals surface area contributed by atoms with Crippen LogP contribution in [0.1, 0.15) is 28.2 Å². The summed E-state index contributed by atoms with van der Waals surface area (Å²) in [5, 5.41) is 9.10. The van der Waals surface area contributed by atoms with Crippen LogP contribution in [0.25, 0.3) is 16.2 Å². The fraction of sp³-hybridized carbons (Fsp3) is 0.316. The zero-order valence-electron chi connectivity index (χ0n) is 14.4. The molecule has 0 saturated carbocycles. The molecule has 2 aromatic heterocycles. The van der Waals surface area contributed by atoms with Gasteiger partial charge in [-0.05, 0) is 19.8 Å². The quantitative estimate of drug-likeness (QED) is 0.769. The Hall–Kier alpha value is -2.67. The molecule has 1 aliphatic heterocycles. The van der Waals surface area contributed by atoms with Crippen molar-refractivity contribution in [3.8, 4) is 11.3 Å². The van der Waals surface area contributed by atoms with Crippen molar-refractivity contribution in [1.82, 2.24) is 14.3 Å². The van der Waals surface area contributed by atoms with Crippen molar-refractivity contribution in [3.05, 3.63) is 47.1 Å². The summed E-state index contributed by atoms with van der Waals surface area (Å²) < 4.78 is 1.96. The molecule has 1 saturated heterocycles. The van der Waals surface area contributed by atoms with Crippen molar-refractivity contribution in [2.24, 2.45) is 5.92 Å². The van der Waals surface area contributed by atoms with Crippen molar-refractivity contribution < 1.29 is 14.7 Å². The van der Waals surface area contributed by atoms with E-state index in [2.05, 4.69) is 4.98 Å². The summed E-state index contributed by atoms with van der Waals surface area (Å²) in [5.41, 5.74) is 2.82. The molecule has 0 spiro atoms. The maximum Gasteiger partial charge on any atom is 0.306 e. The Labute approximate surface area is 154 Å². The Bertz CT molecular complexity index is 969. The fourth-order valence-corrected chi connectivity index (χ4v) is 4.45. The van der Waals surface area contributed by atoms with Gasteiger partial charge in [0, 0.05) is 30.5 Å². The van der Waals surface area contributed by atoms with Gasteiger partial charge >= 0.3 is 5.97 Å². The molecule has 0 bridgehead atoms. The molecular formula is C19H19N3O3S. The lowest BCUT2D eigenvalue weighted by molar-refractivity contribution is -0.143. The number of amides is 1. The molecule has 3 aromatic rings. The number of nitrogens with zero attached hydrogens (tertiary/aromatic N) is 3. The van der Waals surface area contributed by atoms with E-state index in [4.69, 9.17) is 5.11 Å². The summed E-state index contributed by atoms with van der Waals surface area (Å²) in [5.74, 6) is -1.13. The molecule has 0 unspecified atom stereocenters. The van der Waals surface area contributed by atoms with E-state index in [0.717, 1.165) is 21.9 Å². The molecule has 0 radical (unpaired) electrons. The second-order valence-corrected chi connectivity index (χ2v) is 7.54. The van der Waals surface area contributed by atoms with E-state index in [1.54, 1.807) is 4.90 Å². The van der Waals surface area contributed by atoms with Crippen LogP contribution >= 0.6 is 11.3 Å². The Morgan fingerprint density at radius 3 is 2.50 bits per heavy atom. The SMILES string of the molecule is Cc1c(C(=O)N2CCC(C(=O)O)CC2)sc2nc(-c3ccccc3)cn12. The third-order valence-corrected chi connectivity index (χ3v) is 6.10. The summed E-state index contributed by atoms with van der Waals surface area (Å²) >= 11 is 1.39. The molecule has 4 rings (SSSR count). The Morgan fingerprint density at radius 1 is 1.19 bits per heavy atom. The van der Waals surface area contributed by atoms with Gasteiger partial charge in [-0.15, -0.1) is 0 Å². The van der Waals surface area contributed by atoms with Gasteiger partial charge in [0.2, 0.25) is 0 Å². The van der Waals surface area contributed by atoms with E-state index in [-0.39, 0.29) is 11.8 Å². The second kappa shape index (κ2) is 6.57. The van der Waals surface area contributed by atoms with Crippen LogP contribution in [-0.2, 0) is 4.79 Å². The number of carboxylic acid groups (broad SMARTS) is 1. The van der Waals surface area contributed by atoms with Crippen LogP contribution in [0.4, 0.5) is 0 Å². The maximum absolute atomic E-state index is 12.9. The highest BCUT2D eigenvalue weighted by molar-refractivity contribution is 7.19. The molecule has 7 heteroatoms. The largest absolute Gasteiger partial charge is 0.481 e. The number of aromatic nitrogens is 2. The average molecular weight is 369 g/mol. The first-order valence-electron chi connectivity index (χ1n) is 8.60. The highest BCUT2D eigenvalue weighted by atomic mass is 32.1. The molecule has 134 valence electrons. The summed E-state index contributed by atoms with van der Waals surface area (Å²) in [6.07, 6.45) is 2.99. The number of likely N-dealkylation sites (tertiary alicyclic amines) is 1. The number of piperidine rings is 1. The molecule has 1 aromatic carbocycles. The average Bonchev–Trinajstić information content (AvgIpc) is 3.22. The van der Waals surface area contributed by atoms with Gasteiger partial charge < -0.3 is 10.0 Å². The monoisotopic (exact) mass is 369 g/mol. The summed E-state index contributed by atoms with van der Waals surface area (Å²) in [4.78, 5) is 31.8. The van der Waals surface area contributed by atoms with E-state index in [0.29, 0.717) is 30.8 Å². The van der Waals surface area contributed by atoms with Crippen molar-refractivity contribution in [2.75, 3.05) is 13.1 Å². The molecule has 1 fully saturated rings. The normalized spacial score (nSPS) is 15.5. The molecule has 0 aliphatic carbocycles. The number of rotatable bonds is 3. The molecule has 1 aliphatic rings. The van der Waals surface area contributed by atoms with E-state index in [1.165, 1.54) is 11.3 Å². The van der Waals surface area contributed by atoms with E-state index < -0.39 is 5.97 Å². The number of aryl methyl sites for hydroxylation is 1. The van der Waals surface area contributed by atoms with Crippen LogP contribution < -0.4 is 0 Å². The topological polar surface area (TPSA) is 74.9 Å². The molecule has 0 atom stereocenters. The number of aliphatic carboxylic acids is 1. The van der Waals surface area contributed by atoms with Gasteiger partial charge in [-0.25, -0.2) is 4.98 Å². The number of hydrogen-bond acceptors (Lipinski definition) is 4. The Balaban J connectivity index is 1.58. The van der Waals surface area contributed by atoms with Crippen LogP contribution in [0.3, 0.4) is 0 Å². The minimum absolute atomic E-state index is 0.0249.